The molecule has 6 atom stereocenters. The molecule has 2 heterocycles. The lowest BCUT2D eigenvalue weighted by Gasteiger charge is -2.52. The summed E-state index contributed by atoms with van der Waals surface area (Å²) in [6, 6.07) is 0. The third-order valence-corrected chi connectivity index (χ3v) is 7.84. The first kappa shape index (κ1) is 18.9. The SMILES string of the molecule is CC(=O)N1CCN(C[C@@H]2C(=O)O[C@@H]3CC4=CCC[C@@H](C)[C@@]4(C)[C@H](O)[C@H]23)CC1. The summed E-state index contributed by atoms with van der Waals surface area (Å²) in [5.41, 5.74) is 1.03. The lowest BCUT2D eigenvalue weighted by molar-refractivity contribution is -0.145. The first-order valence-electron chi connectivity index (χ1n) is 10.4. The predicted octanol–water partition coefficient (Wildman–Crippen LogP) is 1.44. The van der Waals surface area contributed by atoms with Crippen molar-refractivity contribution in [1.82, 2.24) is 9.80 Å². The van der Waals surface area contributed by atoms with E-state index in [2.05, 4.69) is 24.8 Å². The zero-order chi connectivity index (χ0) is 19.3. The number of aliphatic hydroxyl groups is 1. The maximum Gasteiger partial charge on any atom is 0.311 e. The fourth-order valence-electron chi connectivity index (χ4n) is 5.80. The molecule has 2 aliphatic carbocycles. The third kappa shape index (κ3) is 3.01. The van der Waals surface area contributed by atoms with E-state index >= 15 is 0 Å². The smallest absolute Gasteiger partial charge is 0.311 e. The van der Waals surface area contributed by atoms with Crippen molar-refractivity contribution >= 4 is 11.9 Å². The zero-order valence-electron chi connectivity index (χ0n) is 16.7. The normalized spacial score (nSPS) is 42.2. The summed E-state index contributed by atoms with van der Waals surface area (Å²) in [7, 11) is 0. The van der Waals surface area contributed by atoms with Crippen LogP contribution < -0.4 is 0 Å². The Hall–Kier alpha value is -1.40. The fraction of sp³-hybridized carbons (Fsp3) is 0.810. The van der Waals surface area contributed by atoms with Gasteiger partial charge in [-0.2, -0.15) is 0 Å². The summed E-state index contributed by atoms with van der Waals surface area (Å²) in [4.78, 5) is 28.3. The fourth-order valence-corrected chi connectivity index (χ4v) is 5.80. The number of ether oxygens (including phenoxy) is 1. The predicted molar refractivity (Wildman–Crippen MR) is 101 cm³/mol. The summed E-state index contributed by atoms with van der Waals surface area (Å²) in [5, 5.41) is 11.4. The van der Waals surface area contributed by atoms with Gasteiger partial charge >= 0.3 is 5.97 Å². The summed E-state index contributed by atoms with van der Waals surface area (Å²) in [6.45, 7) is 9.58. The number of rotatable bonds is 2. The highest BCUT2D eigenvalue weighted by atomic mass is 16.6. The molecule has 2 aliphatic heterocycles. The monoisotopic (exact) mass is 376 g/mol. The van der Waals surface area contributed by atoms with Crippen molar-refractivity contribution in [1.29, 1.82) is 0 Å². The van der Waals surface area contributed by atoms with Gasteiger partial charge in [0.25, 0.3) is 0 Å². The molecule has 0 spiro atoms. The van der Waals surface area contributed by atoms with Gasteiger partial charge in [0, 0.05) is 57.4 Å². The number of nitrogens with zero attached hydrogens (tertiary/aromatic N) is 2. The molecular weight excluding hydrogens is 344 g/mol. The number of esters is 1. The number of carbonyl (C=O) groups is 2. The van der Waals surface area contributed by atoms with E-state index in [0.717, 1.165) is 32.4 Å². The van der Waals surface area contributed by atoms with Gasteiger partial charge < -0.3 is 14.7 Å². The van der Waals surface area contributed by atoms with Crippen LogP contribution in [0.2, 0.25) is 0 Å². The summed E-state index contributed by atoms with van der Waals surface area (Å²) in [6.07, 6.45) is 4.42. The van der Waals surface area contributed by atoms with Gasteiger partial charge in [-0.15, -0.1) is 0 Å². The van der Waals surface area contributed by atoms with Crippen LogP contribution in [0.3, 0.4) is 0 Å². The van der Waals surface area contributed by atoms with Crippen LogP contribution in [-0.4, -0.2) is 71.7 Å². The van der Waals surface area contributed by atoms with Crippen molar-refractivity contribution in [2.75, 3.05) is 32.7 Å². The van der Waals surface area contributed by atoms with Gasteiger partial charge in [0.05, 0.1) is 12.0 Å². The van der Waals surface area contributed by atoms with Gasteiger partial charge in [0.2, 0.25) is 5.91 Å². The molecule has 6 nitrogen and oxygen atoms in total. The van der Waals surface area contributed by atoms with Crippen molar-refractivity contribution < 1.29 is 19.4 Å². The van der Waals surface area contributed by atoms with Crippen molar-refractivity contribution in [2.24, 2.45) is 23.2 Å². The molecule has 3 fully saturated rings. The van der Waals surface area contributed by atoms with Crippen molar-refractivity contribution in [2.45, 2.75) is 52.2 Å². The minimum absolute atomic E-state index is 0.108. The minimum atomic E-state index is -0.548. The van der Waals surface area contributed by atoms with E-state index in [1.807, 2.05) is 4.90 Å². The van der Waals surface area contributed by atoms with E-state index in [-0.39, 0.29) is 35.2 Å². The zero-order valence-corrected chi connectivity index (χ0v) is 16.7. The van der Waals surface area contributed by atoms with Crippen LogP contribution in [0.1, 0.15) is 40.0 Å². The molecule has 27 heavy (non-hydrogen) atoms. The Morgan fingerprint density at radius 3 is 2.70 bits per heavy atom. The Balaban J connectivity index is 1.50. The molecule has 1 N–H and O–H groups in total. The number of fused-ring (bicyclic) bond motifs is 2. The molecule has 0 aromatic carbocycles. The first-order valence-corrected chi connectivity index (χ1v) is 10.4. The Labute approximate surface area is 161 Å². The number of aliphatic hydroxyl groups excluding tert-OH is 1. The molecule has 2 saturated heterocycles. The molecule has 4 aliphatic rings. The molecule has 6 heteroatoms. The second-order valence-corrected chi connectivity index (χ2v) is 9.11. The number of hydrogen-bond acceptors (Lipinski definition) is 5. The van der Waals surface area contributed by atoms with E-state index in [1.54, 1.807) is 6.92 Å². The highest BCUT2D eigenvalue weighted by molar-refractivity contribution is 5.76. The molecule has 0 aromatic rings. The third-order valence-electron chi connectivity index (χ3n) is 7.84. The van der Waals surface area contributed by atoms with E-state index in [0.29, 0.717) is 25.6 Å². The van der Waals surface area contributed by atoms with E-state index in [1.165, 1.54) is 5.57 Å². The number of piperazine rings is 1. The van der Waals surface area contributed by atoms with Gasteiger partial charge in [-0.25, -0.2) is 0 Å². The second-order valence-electron chi connectivity index (χ2n) is 9.11. The van der Waals surface area contributed by atoms with Crippen LogP contribution in [-0.2, 0) is 14.3 Å². The Kier molecular flexibility index (Phi) is 4.83. The lowest BCUT2D eigenvalue weighted by atomic mass is 9.55. The molecule has 1 amide bonds. The average Bonchev–Trinajstić information content (AvgIpc) is 2.94. The van der Waals surface area contributed by atoms with Gasteiger partial charge in [0.1, 0.15) is 6.10 Å². The van der Waals surface area contributed by atoms with Crippen LogP contribution in [0.5, 0.6) is 0 Å². The lowest BCUT2D eigenvalue weighted by Crippen LogP contribution is -2.55. The molecule has 0 bridgehead atoms. The Morgan fingerprint density at radius 1 is 1.33 bits per heavy atom. The van der Waals surface area contributed by atoms with E-state index < -0.39 is 6.10 Å². The minimum Gasteiger partial charge on any atom is -0.461 e. The first-order chi connectivity index (χ1) is 12.8. The number of carbonyl (C=O) groups excluding carboxylic acids is 2. The number of allylic oxidation sites excluding steroid dienone is 1. The summed E-state index contributed by atoms with van der Waals surface area (Å²) < 4.78 is 5.75. The van der Waals surface area contributed by atoms with Crippen molar-refractivity contribution in [3.8, 4) is 0 Å². The molecule has 1 saturated carbocycles. The highest BCUT2D eigenvalue weighted by Gasteiger charge is 2.59. The molecular formula is C21H32N2O4. The topological polar surface area (TPSA) is 70.1 Å². The maximum absolute atomic E-state index is 12.7. The van der Waals surface area contributed by atoms with Crippen LogP contribution in [0, 0.1) is 23.2 Å². The van der Waals surface area contributed by atoms with Gasteiger partial charge in [-0.3, -0.25) is 14.5 Å². The van der Waals surface area contributed by atoms with Crippen LogP contribution in [0.15, 0.2) is 11.6 Å². The van der Waals surface area contributed by atoms with E-state index in [9.17, 15) is 14.7 Å². The molecule has 0 unspecified atom stereocenters. The maximum atomic E-state index is 12.7. The largest absolute Gasteiger partial charge is 0.461 e. The quantitative estimate of drug-likeness (QED) is 0.583. The molecule has 0 aromatic heterocycles. The summed E-state index contributed by atoms with van der Waals surface area (Å²) in [5.74, 6) is -0.0545. The van der Waals surface area contributed by atoms with Crippen LogP contribution >= 0.6 is 0 Å². The Morgan fingerprint density at radius 2 is 2.04 bits per heavy atom. The van der Waals surface area contributed by atoms with Gasteiger partial charge in [-0.1, -0.05) is 25.5 Å². The van der Waals surface area contributed by atoms with Gasteiger partial charge in [-0.05, 0) is 18.8 Å². The second kappa shape index (κ2) is 6.89. The van der Waals surface area contributed by atoms with E-state index in [4.69, 9.17) is 4.74 Å². The van der Waals surface area contributed by atoms with Crippen molar-refractivity contribution in [3.63, 3.8) is 0 Å². The standard InChI is InChI=1S/C21H32N2O4/c1-13-5-4-6-15-11-17-18(19(25)21(13,15)3)16(20(26)27-17)12-22-7-9-23(10-8-22)14(2)24/h6,13,16-19,25H,4-5,7-12H2,1-3H3/t13-,16+,17-,18-,19-,21-/m1/s1. The van der Waals surface area contributed by atoms with Gasteiger partial charge in [0.15, 0.2) is 0 Å². The van der Waals surface area contributed by atoms with Crippen LogP contribution in [0.25, 0.3) is 0 Å². The number of amides is 1. The molecule has 0 radical (unpaired) electrons. The number of hydrogen-bond donors (Lipinski definition) is 1. The molecule has 4 rings (SSSR count). The highest BCUT2D eigenvalue weighted by Crippen LogP contribution is 2.56. The average molecular weight is 376 g/mol. The Bertz CT molecular complexity index is 655. The molecule has 150 valence electrons. The summed E-state index contributed by atoms with van der Waals surface area (Å²) >= 11 is 0. The van der Waals surface area contributed by atoms with Crippen LogP contribution in [0.4, 0.5) is 0 Å². The van der Waals surface area contributed by atoms with Crippen molar-refractivity contribution in [3.05, 3.63) is 11.6 Å².